The van der Waals surface area contributed by atoms with Gasteiger partial charge in [-0.1, -0.05) is 18.6 Å². The normalized spacial score (nSPS) is 37.0. The van der Waals surface area contributed by atoms with Gasteiger partial charge in [0.15, 0.2) is 0 Å². The molecule has 13 heavy (non-hydrogen) atoms. The Balaban J connectivity index is 2.64. The molecule has 0 aromatic rings. The van der Waals surface area contributed by atoms with Gasteiger partial charge in [0, 0.05) is 5.54 Å². The van der Waals surface area contributed by atoms with Gasteiger partial charge in [-0.15, -0.1) is 0 Å². The Morgan fingerprint density at radius 2 is 2.38 bits per heavy atom. The van der Waals surface area contributed by atoms with Crippen LogP contribution in [0.5, 0.6) is 0 Å². The molecule has 0 aromatic heterocycles. The van der Waals surface area contributed by atoms with Crippen molar-refractivity contribution in [1.29, 1.82) is 0 Å². The lowest BCUT2D eigenvalue weighted by atomic mass is 9.78. The van der Waals surface area contributed by atoms with Gasteiger partial charge in [0.05, 0.1) is 6.10 Å². The third kappa shape index (κ3) is 3.49. The maximum Gasteiger partial charge on any atom is 0.0549 e. The lowest BCUT2D eigenvalue weighted by Crippen LogP contribution is -2.40. The monoisotopic (exact) mass is 183 g/mol. The number of aliphatic hydroxyl groups is 1. The van der Waals surface area contributed by atoms with Gasteiger partial charge in [0.2, 0.25) is 0 Å². The second-order valence-electron chi connectivity index (χ2n) is 4.89. The molecule has 76 valence electrons. The highest BCUT2D eigenvalue weighted by molar-refractivity contribution is 5.14. The second kappa shape index (κ2) is 3.81. The Labute approximate surface area is 80.8 Å². The Morgan fingerprint density at radius 3 is 2.85 bits per heavy atom. The molecule has 2 nitrogen and oxygen atoms in total. The van der Waals surface area contributed by atoms with Gasteiger partial charge < -0.3 is 10.8 Å². The number of rotatable bonds is 2. The third-order valence-electron chi connectivity index (χ3n) is 2.50. The van der Waals surface area contributed by atoms with Crippen LogP contribution in [0.1, 0.15) is 40.0 Å². The van der Waals surface area contributed by atoms with Crippen LogP contribution < -0.4 is 5.73 Å². The van der Waals surface area contributed by atoms with Crippen LogP contribution in [0.4, 0.5) is 0 Å². The van der Waals surface area contributed by atoms with Gasteiger partial charge in [-0.05, 0) is 39.0 Å². The topological polar surface area (TPSA) is 46.2 Å². The molecule has 0 aromatic carbocycles. The maximum absolute atomic E-state index is 9.28. The molecule has 3 N–H and O–H groups in total. The average Bonchev–Trinajstić information content (AvgIpc) is 1.78. The summed E-state index contributed by atoms with van der Waals surface area (Å²) in [7, 11) is 0. The Morgan fingerprint density at radius 1 is 1.77 bits per heavy atom. The van der Waals surface area contributed by atoms with Crippen molar-refractivity contribution >= 4 is 0 Å². The second-order valence-corrected chi connectivity index (χ2v) is 4.89. The average molecular weight is 183 g/mol. The smallest absolute Gasteiger partial charge is 0.0549 e. The highest BCUT2D eigenvalue weighted by Crippen LogP contribution is 2.31. The van der Waals surface area contributed by atoms with E-state index in [-0.39, 0.29) is 11.6 Å². The van der Waals surface area contributed by atoms with E-state index >= 15 is 0 Å². The molecule has 0 amide bonds. The van der Waals surface area contributed by atoms with Gasteiger partial charge >= 0.3 is 0 Å². The summed E-state index contributed by atoms with van der Waals surface area (Å²) in [5, 5.41) is 9.28. The number of aliphatic hydroxyl groups excluding tert-OH is 1. The minimum absolute atomic E-state index is 0.0710. The number of hydrogen-bond donors (Lipinski definition) is 2. The summed E-state index contributed by atoms with van der Waals surface area (Å²) in [5.74, 6) is 0.553. The molecular weight excluding hydrogens is 162 g/mol. The fourth-order valence-corrected chi connectivity index (χ4v) is 2.37. The van der Waals surface area contributed by atoms with Crippen LogP contribution in [0, 0.1) is 5.92 Å². The number of hydrogen-bond acceptors (Lipinski definition) is 2. The van der Waals surface area contributed by atoms with E-state index in [9.17, 15) is 5.11 Å². The van der Waals surface area contributed by atoms with E-state index < -0.39 is 0 Å². The van der Waals surface area contributed by atoms with Crippen LogP contribution in [0.3, 0.4) is 0 Å². The molecule has 0 spiro atoms. The van der Waals surface area contributed by atoms with Crippen LogP contribution in [0.2, 0.25) is 0 Å². The summed E-state index contributed by atoms with van der Waals surface area (Å²) >= 11 is 0. The minimum Gasteiger partial charge on any atom is -0.393 e. The van der Waals surface area contributed by atoms with Gasteiger partial charge in [0.25, 0.3) is 0 Å². The predicted molar refractivity (Wildman–Crippen MR) is 55.4 cm³/mol. The molecule has 0 fully saturated rings. The summed E-state index contributed by atoms with van der Waals surface area (Å²) in [6, 6.07) is 0. The molecule has 3 atom stereocenters. The third-order valence-corrected chi connectivity index (χ3v) is 2.50. The van der Waals surface area contributed by atoms with Gasteiger partial charge in [-0.25, -0.2) is 0 Å². The van der Waals surface area contributed by atoms with Crippen LogP contribution in [0.15, 0.2) is 11.6 Å². The molecule has 0 heterocycles. The molecule has 0 bridgehead atoms. The SMILES string of the molecule is CC(O)CC1=CC(C)CC(C)(N)C1. The number of nitrogens with two attached hydrogens (primary N) is 1. The van der Waals surface area contributed by atoms with Crippen LogP contribution in [-0.4, -0.2) is 16.7 Å². The zero-order chi connectivity index (χ0) is 10.1. The van der Waals surface area contributed by atoms with Crippen molar-refractivity contribution < 1.29 is 5.11 Å². The summed E-state index contributed by atoms with van der Waals surface area (Å²) in [4.78, 5) is 0. The zero-order valence-electron chi connectivity index (χ0n) is 8.88. The van der Waals surface area contributed by atoms with E-state index in [0.29, 0.717) is 5.92 Å². The standard InChI is InChI=1S/C11H21NO/c1-8-4-10(5-9(2)13)7-11(3,12)6-8/h4,8-9,13H,5-7,12H2,1-3H3. The van der Waals surface area contributed by atoms with Crippen LogP contribution in [-0.2, 0) is 0 Å². The van der Waals surface area contributed by atoms with Crippen LogP contribution in [0.25, 0.3) is 0 Å². The summed E-state index contributed by atoms with van der Waals surface area (Å²) in [6.07, 6.45) is 4.78. The molecule has 1 rings (SSSR count). The first kappa shape index (κ1) is 10.7. The first-order valence-corrected chi connectivity index (χ1v) is 5.05. The first-order chi connectivity index (χ1) is 5.89. The fourth-order valence-electron chi connectivity index (χ4n) is 2.37. The molecule has 1 aliphatic carbocycles. The van der Waals surface area contributed by atoms with E-state index in [1.165, 1.54) is 5.57 Å². The molecule has 2 heteroatoms. The van der Waals surface area contributed by atoms with Crippen molar-refractivity contribution in [3.05, 3.63) is 11.6 Å². The summed E-state index contributed by atoms with van der Waals surface area (Å²) in [6.45, 7) is 6.11. The molecule has 0 saturated carbocycles. The summed E-state index contributed by atoms with van der Waals surface area (Å²) in [5.41, 5.74) is 7.36. The van der Waals surface area contributed by atoms with E-state index in [4.69, 9.17) is 5.73 Å². The van der Waals surface area contributed by atoms with E-state index in [1.54, 1.807) is 0 Å². The molecule has 0 radical (unpaired) electrons. The van der Waals surface area contributed by atoms with Crippen molar-refractivity contribution in [2.24, 2.45) is 11.7 Å². The molecular formula is C11H21NO. The maximum atomic E-state index is 9.28. The Kier molecular flexibility index (Phi) is 3.14. The fraction of sp³-hybridized carbons (Fsp3) is 0.818. The molecule has 0 saturated heterocycles. The van der Waals surface area contributed by atoms with Gasteiger partial charge in [0.1, 0.15) is 0 Å². The molecule has 0 aliphatic heterocycles. The Bertz CT molecular complexity index is 206. The predicted octanol–water partition coefficient (Wildman–Crippen LogP) is 1.83. The van der Waals surface area contributed by atoms with Crippen LogP contribution >= 0.6 is 0 Å². The lowest BCUT2D eigenvalue weighted by molar-refractivity contribution is 0.190. The molecule has 1 aliphatic rings. The Hall–Kier alpha value is -0.340. The van der Waals surface area contributed by atoms with Crippen molar-refractivity contribution in [3.63, 3.8) is 0 Å². The van der Waals surface area contributed by atoms with E-state index in [1.807, 2.05) is 6.92 Å². The van der Waals surface area contributed by atoms with E-state index in [0.717, 1.165) is 19.3 Å². The highest BCUT2D eigenvalue weighted by Gasteiger charge is 2.27. The minimum atomic E-state index is -0.243. The van der Waals surface area contributed by atoms with Gasteiger partial charge in [-0.2, -0.15) is 0 Å². The summed E-state index contributed by atoms with van der Waals surface area (Å²) < 4.78 is 0. The highest BCUT2D eigenvalue weighted by atomic mass is 16.3. The largest absolute Gasteiger partial charge is 0.393 e. The first-order valence-electron chi connectivity index (χ1n) is 5.05. The molecule has 3 unspecified atom stereocenters. The lowest BCUT2D eigenvalue weighted by Gasteiger charge is -2.33. The zero-order valence-corrected chi connectivity index (χ0v) is 8.88. The number of allylic oxidation sites excluding steroid dienone is 1. The van der Waals surface area contributed by atoms with E-state index in [2.05, 4.69) is 19.9 Å². The quantitative estimate of drug-likeness (QED) is 0.642. The van der Waals surface area contributed by atoms with Crippen molar-refractivity contribution in [2.45, 2.75) is 51.7 Å². The van der Waals surface area contributed by atoms with Crippen molar-refractivity contribution in [1.82, 2.24) is 0 Å². The van der Waals surface area contributed by atoms with Crippen molar-refractivity contribution in [3.8, 4) is 0 Å². The van der Waals surface area contributed by atoms with Crippen molar-refractivity contribution in [2.75, 3.05) is 0 Å². The van der Waals surface area contributed by atoms with Gasteiger partial charge in [-0.3, -0.25) is 0 Å².